The summed E-state index contributed by atoms with van der Waals surface area (Å²) < 4.78 is 7.26. The lowest BCUT2D eigenvalue weighted by Crippen LogP contribution is -2.14. The highest BCUT2D eigenvalue weighted by Crippen LogP contribution is 2.27. The van der Waals surface area contributed by atoms with Crippen molar-refractivity contribution in [3.63, 3.8) is 0 Å². The van der Waals surface area contributed by atoms with E-state index in [4.69, 9.17) is 4.52 Å². The van der Waals surface area contributed by atoms with Crippen molar-refractivity contribution in [2.75, 3.05) is 5.32 Å². The topological polar surface area (TPSA) is 73.0 Å². The van der Waals surface area contributed by atoms with Gasteiger partial charge in [0, 0.05) is 17.7 Å². The summed E-state index contributed by atoms with van der Waals surface area (Å²) in [5, 5.41) is 11.5. The molecule has 2 heterocycles. The average Bonchev–Trinajstić information content (AvgIpc) is 3.23. The number of carbonyl (C=O) groups is 1. The van der Waals surface area contributed by atoms with E-state index in [0.717, 1.165) is 59.6 Å². The third-order valence-corrected chi connectivity index (χ3v) is 5.04. The van der Waals surface area contributed by atoms with E-state index in [9.17, 15) is 4.79 Å². The molecule has 0 atom stereocenters. The standard InChI is InChI=1S/C21H24N4O2/c1-14-13-15(2)25(23-14)17-10-7-16(8-11-17)9-12-20(26)22-21-18-5-3-4-6-19(18)24-27-21/h7-8,10-11,13H,3-6,9,12H2,1-2H3,(H,22,26). The number of nitrogens with one attached hydrogen (secondary N) is 1. The van der Waals surface area contributed by atoms with Gasteiger partial charge in [0.2, 0.25) is 11.8 Å². The number of aromatic nitrogens is 3. The summed E-state index contributed by atoms with van der Waals surface area (Å²) >= 11 is 0. The summed E-state index contributed by atoms with van der Waals surface area (Å²) in [7, 11) is 0. The van der Waals surface area contributed by atoms with E-state index < -0.39 is 0 Å². The first-order valence-electron chi connectivity index (χ1n) is 9.50. The molecule has 1 N–H and O–H groups in total. The van der Waals surface area contributed by atoms with Crippen LogP contribution in [0.4, 0.5) is 5.88 Å². The number of fused-ring (bicyclic) bond motifs is 1. The summed E-state index contributed by atoms with van der Waals surface area (Å²) in [6, 6.07) is 10.2. The highest BCUT2D eigenvalue weighted by molar-refractivity contribution is 5.90. The molecule has 27 heavy (non-hydrogen) atoms. The smallest absolute Gasteiger partial charge is 0.234 e. The second-order valence-electron chi connectivity index (χ2n) is 7.20. The molecule has 0 radical (unpaired) electrons. The molecule has 0 spiro atoms. The molecule has 0 fully saturated rings. The zero-order valence-corrected chi connectivity index (χ0v) is 15.8. The number of amides is 1. The molecular formula is C21H24N4O2. The summed E-state index contributed by atoms with van der Waals surface area (Å²) in [4.78, 5) is 12.3. The van der Waals surface area contributed by atoms with Gasteiger partial charge in [-0.3, -0.25) is 10.1 Å². The molecule has 0 unspecified atom stereocenters. The van der Waals surface area contributed by atoms with Crippen molar-refractivity contribution in [3.05, 3.63) is 58.5 Å². The van der Waals surface area contributed by atoms with E-state index in [2.05, 4.69) is 33.8 Å². The van der Waals surface area contributed by atoms with Gasteiger partial charge >= 0.3 is 0 Å². The molecule has 140 valence electrons. The van der Waals surface area contributed by atoms with Gasteiger partial charge in [0.1, 0.15) is 0 Å². The Balaban J connectivity index is 1.35. The van der Waals surface area contributed by atoms with Crippen molar-refractivity contribution in [2.45, 2.75) is 52.4 Å². The van der Waals surface area contributed by atoms with Crippen LogP contribution >= 0.6 is 0 Å². The Morgan fingerprint density at radius 1 is 1.19 bits per heavy atom. The maximum atomic E-state index is 12.3. The van der Waals surface area contributed by atoms with Crippen LogP contribution < -0.4 is 5.32 Å². The van der Waals surface area contributed by atoms with Crippen LogP contribution in [0.5, 0.6) is 0 Å². The van der Waals surface area contributed by atoms with E-state index in [1.165, 1.54) is 0 Å². The minimum Gasteiger partial charge on any atom is -0.338 e. The average molecular weight is 364 g/mol. The Bertz CT molecular complexity index is 953. The molecule has 1 aliphatic carbocycles. The number of hydrogen-bond acceptors (Lipinski definition) is 4. The Hall–Kier alpha value is -2.89. The van der Waals surface area contributed by atoms with Crippen molar-refractivity contribution in [2.24, 2.45) is 0 Å². The van der Waals surface area contributed by atoms with Gasteiger partial charge in [0.25, 0.3) is 0 Å². The van der Waals surface area contributed by atoms with Gasteiger partial charge in [0.15, 0.2) is 0 Å². The second-order valence-corrected chi connectivity index (χ2v) is 7.20. The molecular weight excluding hydrogens is 340 g/mol. The van der Waals surface area contributed by atoms with Gasteiger partial charge in [0.05, 0.1) is 17.1 Å². The third kappa shape index (κ3) is 3.79. The van der Waals surface area contributed by atoms with Crippen LogP contribution in [0.3, 0.4) is 0 Å². The van der Waals surface area contributed by atoms with Gasteiger partial charge < -0.3 is 4.52 Å². The van der Waals surface area contributed by atoms with E-state index in [-0.39, 0.29) is 5.91 Å². The molecule has 6 nitrogen and oxygen atoms in total. The summed E-state index contributed by atoms with van der Waals surface area (Å²) in [6.45, 7) is 4.03. The Morgan fingerprint density at radius 3 is 2.70 bits per heavy atom. The summed E-state index contributed by atoms with van der Waals surface area (Å²) in [6.07, 6.45) is 5.23. The number of aryl methyl sites for hydroxylation is 4. The Morgan fingerprint density at radius 2 is 1.96 bits per heavy atom. The van der Waals surface area contributed by atoms with Gasteiger partial charge in [-0.25, -0.2) is 4.68 Å². The van der Waals surface area contributed by atoms with Crippen molar-refractivity contribution < 1.29 is 9.32 Å². The highest BCUT2D eigenvalue weighted by atomic mass is 16.5. The van der Waals surface area contributed by atoms with Crippen molar-refractivity contribution in [1.82, 2.24) is 14.9 Å². The van der Waals surface area contributed by atoms with Gasteiger partial charge in [-0.15, -0.1) is 0 Å². The lowest BCUT2D eigenvalue weighted by Gasteiger charge is -2.10. The van der Waals surface area contributed by atoms with Gasteiger partial charge in [-0.2, -0.15) is 5.10 Å². The van der Waals surface area contributed by atoms with Crippen LogP contribution in [0.2, 0.25) is 0 Å². The number of anilines is 1. The first-order valence-corrected chi connectivity index (χ1v) is 9.50. The fraction of sp³-hybridized carbons (Fsp3) is 0.381. The SMILES string of the molecule is Cc1cc(C)n(-c2ccc(CCC(=O)Nc3onc4c3CCCC4)cc2)n1. The lowest BCUT2D eigenvalue weighted by molar-refractivity contribution is -0.116. The highest BCUT2D eigenvalue weighted by Gasteiger charge is 2.20. The number of carbonyl (C=O) groups excluding carboxylic acids is 1. The summed E-state index contributed by atoms with van der Waals surface area (Å²) in [5.41, 5.74) is 6.33. The molecule has 4 rings (SSSR count). The number of hydrogen-bond donors (Lipinski definition) is 1. The zero-order valence-electron chi connectivity index (χ0n) is 15.8. The largest absolute Gasteiger partial charge is 0.338 e. The van der Waals surface area contributed by atoms with Crippen molar-refractivity contribution >= 4 is 11.8 Å². The summed E-state index contributed by atoms with van der Waals surface area (Å²) in [5.74, 6) is 0.497. The predicted molar refractivity (Wildman–Crippen MR) is 103 cm³/mol. The third-order valence-electron chi connectivity index (χ3n) is 5.04. The Kier molecular flexibility index (Phi) is 4.79. The maximum absolute atomic E-state index is 12.3. The van der Waals surface area contributed by atoms with E-state index >= 15 is 0 Å². The predicted octanol–water partition coefficient (Wildman–Crippen LogP) is 3.93. The Labute approximate surface area is 158 Å². The van der Waals surface area contributed by atoms with E-state index in [1.807, 2.05) is 30.7 Å². The van der Waals surface area contributed by atoms with Gasteiger partial charge in [-0.1, -0.05) is 17.3 Å². The monoisotopic (exact) mass is 364 g/mol. The lowest BCUT2D eigenvalue weighted by atomic mass is 9.97. The van der Waals surface area contributed by atoms with E-state index in [1.54, 1.807) is 0 Å². The van der Waals surface area contributed by atoms with Gasteiger partial charge in [-0.05, 0) is 69.7 Å². The minimum atomic E-state index is -0.0397. The number of rotatable bonds is 5. The first kappa shape index (κ1) is 17.5. The van der Waals surface area contributed by atoms with Crippen LogP contribution in [0.25, 0.3) is 5.69 Å². The fourth-order valence-electron chi connectivity index (χ4n) is 3.63. The zero-order chi connectivity index (χ0) is 18.8. The number of nitrogens with zero attached hydrogens (tertiary/aromatic N) is 3. The van der Waals surface area contributed by atoms with Crippen LogP contribution in [0, 0.1) is 13.8 Å². The van der Waals surface area contributed by atoms with Crippen molar-refractivity contribution in [3.8, 4) is 5.69 Å². The number of benzene rings is 1. The van der Waals surface area contributed by atoms with E-state index in [0.29, 0.717) is 18.7 Å². The van der Waals surface area contributed by atoms with Crippen LogP contribution in [0.15, 0.2) is 34.9 Å². The first-order chi connectivity index (χ1) is 13.1. The molecule has 3 aromatic rings. The second kappa shape index (κ2) is 7.39. The van der Waals surface area contributed by atoms with Crippen LogP contribution in [-0.4, -0.2) is 20.8 Å². The van der Waals surface area contributed by atoms with Crippen molar-refractivity contribution in [1.29, 1.82) is 0 Å². The quantitative estimate of drug-likeness (QED) is 0.744. The normalized spacial score (nSPS) is 13.4. The molecule has 0 aliphatic heterocycles. The molecule has 1 aromatic carbocycles. The van der Waals surface area contributed by atoms with Crippen LogP contribution in [-0.2, 0) is 24.1 Å². The molecule has 6 heteroatoms. The molecule has 0 bridgehead atoms. The molecule has 1 aliphatic rings. The minimum absolute atomic E-state index is 0.0397. The maximum Gasteiger partial charge on any atom is 0.234 e. The fourth-order valence-corrected chi connectivity index (χ4v) is 3.63. The molecule has 1 amide bonds. The molecule has 0 saturated heterocycles. The molecule has 0 saturated carbocycles. The van der Waals surface area contributed by atoms with Crippen LogP contribution in [0.1, 0.15) is 47.5 Å². The molecule has 2 aromatic heterocycles.